The highest BCUT2D eigenvalue weighted by Gasteiger charge is 2.29. The maximum atomic E-state index is 11.3. The highest BCUT2D eigenvalue weighted by Crippen LogP contribution is 2.12. The molecule has 1 aliphatic heterocycles. The van der Waals surface area contributed by atoms with Crippen molar-refractivity contribution >= 4 is 21.7 Å². The number of hydrogen-bond acceptors (Lipinski definition) is 7. The maximum absolute atomic E-state index is 11.3. The average molecular weight is 351 g/mol. The van der Waals surface area contributed by atoms with Gasteiger partial charge < -0.3 is 0 Å². The molecule has 0 radical (unpaired) electrons. The van der Waals surface area contributed by atoms with E-state index in [1.165, 1.54) is 12.4 Å². The Bertz CT molecular complexity index is 762. The van der Waals surface area contributed by atoms with Crippen molar-refractivity contribution in [2.75, 3.05) is 12.9 Å². The van der Waals surface area contributed by atoms with Crippen LogP contribution in [0.3, 0.4) is 0 Å². The third kappa shape index (κ3) is 5.11. The van der Waals surface area contributed by atoms with Gasteiger partial charge in [-0.1, -0.05) is 11.8 Å². The van der Waals surface area contributed by atoms with Crippen molar-refractivity contribution in [1.82, 2.24) is 15.0 Å². The van der Waals surface area contributed by atoms with Gasteiger partial charge in [0.15, 0.2) is 0 Å². The third-order valence-electron chi connectivity index (χ3n) is 3.11. The standard InChI is InChI=1S/C15H17N3O5S/c1-24(21,22)15-16-10-12(11-17-15)6-4-2-3-5-9-23-18-13(19)7-8-14(18)20/h10-11H,2-3,5,7-9H2,1H3. The van der Waals surface area contributed by atoms with Crippen LogP contribution in [-0.2, 0) is 24.3 Å². The van der Waals surface area contributed by atoms with E-state index in [-0.39, 0.29) is 36.4 Å². The molecule has 0 unspecified atom stereocenters. The van der Waals surface area contributed by atoms with E-state index in [4.69, 9.17) is 4.84 Å². The summed E-state index contributed by atoms with van der Waals surface area (Å²) in [7, 11) is -3.41. The molecule has 1 aliphatic rings. The third-order valence-corrected chi connectivity index (χ3v) is 3.99. The Balaban J connectivity index is 1.69. The predicted octanol–water partition coefficient (Wildman–Crippen LogP) is 0.482. The van der Waals surface area contributed by atoms with Gasteiger partial charge >= 0.3 is 0 Å². The minimum absolute atomic E-state index is 0.213. The number of imide groups is 1. The number of nitrogens with zero attached hydrogens (tertiary/aromatic N) is 3. The summed E-state index contributed by atoms with van der Waals surface area (Å²) in [5, 5.41) is 0.614. The van der Waals surface area contributed by atoms with Crippen LogP contribution < -0.4 is 0 Å². The second kappa shape index (κ2) is 7.99. The molecule has 128 valence electrons. The van der Waals surface area contributed by atoms with E-state index < -0.39 is 9.84 Å². The van der Waals surface area contributed by atoms with E-state index in [9.17, 15) is 18.0 Å². The first-order valence-electron chi connectivity index (χ1n) is 7.37. The van der Waals surface area contributed by atoms with Gasteiger partial charge in [-0.05, 0) is 12.8 Å². The molecule has 1 fully saturated rings. The van der Waals surface area contributed by atoms with E-state index in [2.05, 4.69) is 21.8 Å². The zero-order chi connectivity index (χ0) is 17.6. The summed E-state index contributed by atoms with van der Waals surface area (Å²) in [5.41, 5.74) is 0.534. The Morgan fingerprint density at radius 1 is 1.17 bits per heavy atom. The summed E-state index contributed by atoms with van der Waals surface area (Å²) in [6, 6.07) is 0. The molecular formula is C15H17N3O5S. The molecule has 2 amide bonds. The first kappa shape index (κ1) is 18.0. The molecule has 2 rings (SSSR count). The largest absolute Gasteiger partial charge is 0.272 e. The summed E-state index contributed by atoms with van der Waals surface area (Å²) in [6.45, 7) is 0.283. The van der Waals surface area contributed by atoms with Crippen molar-refractivity contribution in [2.24, 2.45) is 0 Å². The molecule has 1 aromatic heterocycles. The van der Waals surface area contributed by atoms with Crippen molar-refractivity contribution in [1.29, 1.82) is 0 Å². The Hall–Kier alpha value is -2.31. The molecule has 0 saturated carbocycles. The molecule has 0 aromatic carbocycles. The lowest BCUT2D eigenvalue weighted by Gasteiger charge is -2.12. The number of carbonyl (C=O) groups excluding carboxylic acids is 2. The van der Waals surface area contributed by atoms with Crippen LogP contribution in [0.25, 0.3) is 0 Å². The Morgan fingerprint density at radius 3 is 2.38 bits per heavy atom. The van der Waals surface area contributed by atoms with Crippen LogP contribution >= 0.6 is 0 Å². The fourth-order valence-corrected chi connectivity index (χ4v) is 2.40. The van der Waals surface area contributed by atoms with Gasteiger partial charge in [0, 0.05) is 37.9 Å². The molecule has 0 spiro atoms. The summed E-state index contributed by atoms with van der Waals surface area (Å²) < 4.78 is 22.4. The summed E-state index contributed by atoms with van der Waals surface area (Å²) >= 11 is 0. The van der Waals surface area contributed by atoms with Crippen LogP contribution in [0.4, 0.5) is 0 Å². The number of unbranched alkanes of at least 4 members (excludes halogenated alkanes) is 2. The molecule has 1 aromatic rings. The van der Waals surface area contributed by atoms with Crippen molar-refractivity contribution in [3.8, 4) is 11.8 Å². The quantitative estimate of drug-likeness (QED) is 0.317. The normalized spacial score (nSPS) is 14.6. The van der Waals surface area contributed by atoms with Crippen molar-refractivity contribution in [2.45, 2.75) is 37.3 Å². The van der Waals surface area contributed by atoms with Crippen molar-refractivity contribution < 1.29 is 22.8 Å². The predicted molar refractivity (Wildman–Crippen MR) is 82.9 cm³/mol. The lowest BCUT2D eigenvalue weighted by atomic mass is 10.2. The fraction of sp³-hybridized carbons (Fsp3) is 0.467. The summed E-state index contributed by atoms with van der Waals surface area (Å²) in [6.07, 6.45) is 6.20. The summed E-state index contributed by atoms with van der Waals surface area (Å²) in [5.74, 6) is 5.18. The highest BCUT2D eigenvalue weighted by atomic mass is 32.2. The molecule has 0 bridgehead atoms. The van der Waals surface area contributed by atoms with E-state index in [0.717, 1.165) is 17.7 Å². The Kier molecular flexibility index (Phi) is 6.00. The van der Waals surface area contributed by atoms with Crippen LogP contribution in [-0.4, -0.2) is 48.1 Å². The van der Waals surface area contributed by atoms with Gasteiger partial charge in [-0.15, -0.1) is 0 Å². The summed E-state index contributed by atoms with van der Waals surface area (Å²) in [4.78, 5) is 35.2. The van der Waals surface area contributed by atoms with Gasteiger partial charge in [-0.3, -0.25) is 14.4 Å². The van der Waals surface area contributed by atoms with Crippen LogP contribution in [0.5, 0.6) is 0 Å². The van der Waals surface area contributed by atoms with E-state index >= 15 is 0 Å². The van der Waals surface area contributed by atoms with E-state index in [1.807, 2.05) is 0 Å². The number of hydroxylamine groups is 2. The van der Waals surface area contributed by atoms with Gasteiger partial charge in [0.25, 0.3) is 11.8 Å². The van der Waals surface area contributed by atoms with E-state index in [0.29, 0.717) is 18.4 Å². The Labute approximate surface area is 140 Å². The number of amides is 2. The molecule has 0 atom stereocenters. The smallest absolute Gasteiger partial charge is 0.253 e. The first-order valence-corrected chi connectivity index (χ1v) is 9.27. The highest BCUT2D eigenvalue weighted by molar-refractivity contribution is 7.90. The number of aromatic nitrogens is 2. The minimum atomic E-state index is -3.41. The maximum Gasteiger partial charge on any atom is 0.253 e. The number of sulfone groups is 1. The van der Waals surface area contributed by atoms with Crippen LogP contribution in [0.2, 0.25) is 0 Å². The Morgan fingerprint density at radius 2 is 1.79 bits per heavy atom. The van der Waals surface area contributed by atoms with Crippen molar-refractivity contribution in [3.05, 3.63) is 18.0 Å². The zero-order valence-corrected chi connectivity index (χ0v) is 14.0. The number of hydrogen-bond donors (Lipinski definition) is 0. The van der Waals surface area contributed by atoms with Gasteiger partial charge in [0.1, 0.15) is 0 Å². The van der Waals surface area contributed by atoms with Gasteiger partial charge in [0.05, 0.1) is 12.2 Å². The molecule has 9 heteroatoms. The molecule has 2 heterocycles. The molecule has 0 N–H and O–H groups in total. The van der Waals surface area contributed by atoms with E-state index in [1.54, 1.807) is 0 Å². The SMILES string of the molecule is CS(=O)(=O)c1ncc(C#CCCCCON2C(=O)CCC2=O)cn1. The van der Waals surface area contributed by atoms with Crippen LogP contribution in [0, 0.1) is 11.8 Å². The molecule has 1 saturated heterocycles. The van der Waals surface area contributed by atoms with Crippen molar-refractivity contribution in [3.63, 3.8) is 0 Å². The van der Waals surface area contributed by atoms with Gasteiger partial charge in [-0.2, -0.15) is 5.06 Å². The second-order valence-corrected chi connectivity index (χ2v) is 7.11. The van der Waals surface area contributed by atoms with Crippen LogP contribution in [0.1, 0.15) is 37.7 Å². The van der Waals surface area contributed by atoms with Gasteiger partial charge in [-0.25, -0.2) is 18.4 Å². The monoisotopic (exact) mass is 351 g/mol. The molecular weight excluding hydrogens is 334 g/mol. The topological polar surface area (TPSA) is 107 Å². The minimum Gasteiger partial charge on any atom is -0.272 e. The lowest BCUT2D eigenvalue weighted by Crippen LogP contribution is -2.29. The van der Waals surface area contributed by atoms with Gasteiger partial charge in [0.2, 0.25) is 15.0 Å². The second-order valence-electron chi connectivity index (χ2n) is 5.20. The zero-order valence-electron chi connectivity index (χ0n) is 13.2. The molecule has 0 aliphatic carbocycles. The molecule has 24 heavy (non-hydrogen) atoms. The number of rotatable bonds is 6. The fourth-order valence-electron chi connectivity index (χ4n) is 1.91. The number of carbonyl (C=O) groups is 2. The van der Waals surface area contributed by atoms with Crippen LogP contribution in [0.15, 0.2) is 17.6 Å². The first-order chi connectivity index (χ1) is 11.4. The lowest BCUT2D eigenvalue weighted by molar-refractivity contribution is -0.187. The average Bonchev–Trinajstić information content (AvgIpc) is 2.85. The molecule has 8 nitrogen and oxygen atoms in total.